The van der Waals surface area contributed by atoms with Crippen LogP contribution in [0, 0.1) is 11.8 Å². The first kappa shape index (κ1) is 16.8. The summed E-state index contributed by atoms with van der Waals surface area (Å²) in [5.74, 6) is -0.358. The van der Waals surface area contributed by atoms with Crippen LogP contribution in [0.4, 0.5) is 4.79 Å². The van der Waals surface area contributed by atoms with Gasteiger partial charge in [-0.1, -0.05) is 12.8 Å². The monoisotopic (exact) mass is 287 g/mol. The van der Waals surface area contributed by atoms with E-state index in [0.29, 0.717) is 0 Å². The molecule has 1 aliphatic rings. The smallest absolute Gasteiger partial charge is 0.431 e. The van der Waals surface area contributed by atoms with Gasteiger partial charge in [0.25, 0.3) is 0 Å². The van der Waals surface area contributed by atoms with Gasteiger partial charge in [0.15, 0.2) is 0 Å². The summed E-state index contributed by atoms with van der Waals surface area (Å²) in [6.07, 6.45) is 3.58. The van der Waals surface area contributed by atoms with Crippen LogP contribution in [0.25, 0.3) is 0 Å². The van der Waals surface area contributed by atoms with E-state index >= 15 is 0 Å². The average Bonchev–Trinajstić information content (AvgIpc) is 2.85. The van der Waals surface area contributed by atoms with Crippen molar-refractivity contribution in [3.8, 4) is 0 Å². The van der Waals surface area contributed by atoms with Gasteiger partial charge in [-0.3, -0.25) is 9.63 Å². The molecule has 20 heavy (non-hydrogen) atoms. The minimum absolute atomic E-state index is 0.108. The fraction of sp³-hybridized carbons (Fsp3) is 0.857. The Labute approximate surface area is 120 Å². The summed E-state index contributed by atoms with van der Waals surface area (Å²) in [5.41, 5.74) is 1.62. The number of hydrogen-bond acceptors (Lipinski definition) is 5. The van der Waals surface area contributed by atoms with E-state index in [1.54, 1.807) is 20.8 Å². The molecule has 1 amide bonds. The van der Waals surface area contributed by atoms with E-state index < -0.39 is 11.7 Å². The Morgan fingerprint density at radius 1 is 1.25 bits per heavy atom. The third kappa shape index (κ3) is 5.77. The zero-order chi connectivity index (χ0) is 15.2. The zero-order valence-corrected chi connectivity index (χ0v) is 12.7. The molecule has 1 atom stereocenters. The molecule has 1 rings (SSSR count). The van der Waals surface area contributed by atoms with E-state index in [4.69, 9.17) is 14.3 Å². The van der Waals surface area contributed by atoms with E-state index in [-0.39, 0.29) is 24.4 Å². The van der Waals surface area contributed by atoms with Gasteiger partial charge in [0.2, 0.25) is 0 Å². The van der Waals surface area contributed by atoms with Gasteiger partial charge in [0.1, 0.15) is 5.60 Å². The molecule has 0 aromatic rings. The molecule has 0 heterocycles. The first-order valence-corrected chi connectivity index (χ1v) is 7.02. The molecule has 0 radical (unpaired) electrons. The van der Waals surface area contributed by atoms with Crippen LogP contribution >= 0.6 is 0 Å². The topological polar surface area (TPSA) is 73.9 Å². The van der Waals surface area contributed by atoms with Crippen molar-refractivity contribution >= 4 is 12.1 Å². The number of ether oxygens (including phenoxy) is 2. The van der Waals surface area contributed by atoms with Crippen molar-refractivity contribution in [2.75, 3.05) is 13.7 Å². The molecule has 0 aromatic carbocycles. The van der Waals surface area contributed by atoms with Gasteiger partial charge in [0.05, 0.1) is 19.6 Å². The molecule has 1 fully saturated rings. The number of amides is 1. The highest BCUT2D eigenvalue weighted by Crippen LogP contribution is 2.32. The molecule has 0 spiro atoms. The minimum Gasteiger partial charge on any atom is -0.469 e. The lowest BCUT2D eigenvalue weighted by Crippen LogP contribution is -2.36. The number of hydrogen-bond donors (Lipinski definition) is 1. The molecule has 1 saturated carbocycles. The molecule has 1 aliphatic carbocycles. The second kappa shape index (κ2) is 7.47. The van der Waals surface area contributed by atoms with Crippen LogP contribution in [0.2, 0.25) is 0 Å². The molecule has 116 valence electrons. The number of nitrogens with one attached hydrogen (secondary N) is 1. The normalized spacial score (nSPS) is 17.6. The van der Waals surface area contributed by atoms with E-state index in [2.05, 4.69) is 5.48 Å². The maximum absolute atomic E-state index is 11.8. The summed E-state index contributed by atoms with van der Waals surface area (Å²) in [7, 11) is 1.37. The van der Waals surface area contributed by atoms with Crippen LogP contribution in [0.3, 0.4) is 0 Å². The lowest BCUT2D eigenvalue weighted by atomic mass is 9.92. The maximum atomic E-state index is 11.8. The van der Waals surface area contributed by atoms with E-state index in [0.717, 1.165) is 25.7 Å². The van der Waals surface area contributed by atoms with Crippen molar-refractivity contribution in [3.63, 3.8) is 0 Å². The fourth-order valence-electron chi connectivity index (χ4n) is 2.40. The van der Waals surface area contributed by atoms with Crippen molar-refractivity contribution < 1.29 is 23.9 Å². The molecule has 0 aromatic heterocycles. The summed E-state index contributed by atoms with van der Waals surface area (Å²) in [6, 6.07) is 0. The van der Waals surface area contributed by atoms with Gasteiger partial charge >= 0.3 is 12.1 Å². The van der Waals surface area contributed by atoms with Gasteiger partial charge < -0.3 is 9.47 Å². The average molecular weight is 287 g/mol. The Balaban J connectivity index is 2.39. The van der Waals surface area contributed by atoms with Crippen molar-refractivity contribution in [2.45, 2.75) is 52.1 Å². The number of carbonyl (C=O) groups is 2. The van der Waals surface area contributed by atoms with E-state index in [1.165, 1.54) is 7.11 Å². The SMILES string of the molecule is COC(=O)C(CONC(=O)OC(C)(C)C)C1CCCC1. The molecule has 6 heteroatoms. The Morgan fingerprint density at radius 3 is 2.35 bits per heavy atom. The number of rotatable bonds is 5. The second-order valence-electron chi connectivity index (χ2n) is 6.09. The van der Waals surface area contributed by atoms with Gasteiger partial charge in [-0.25, -0.2) is 4.79 Å². The van der Waals surface area contributed by atoms with Crippen LogP contribution in [0.5, 0.6) is 0 Å². The third-order valence-corrected chi connectivity index (χ3v) is 3.29. The Kier molecular flexibility index (Phi) is 6.26. The van der Waals surface area contributed by atoms with Gasteiger partial charge in [-0.2, -0.15) is 5.48 Å². The first-order chi connectivity index (χ1) is 9.33. The van der Waals surface area contributed by atoms with Crippen molar-refractivity contribution in [1.29, 1.82) is 0 Å². The molecule has 1 unspecified atom stereocenters. The molecular formula is C14H25NO5. The molecule has 0 aliphatic heterocycles. The predicted molar refractivity (Wildman–Crippen MR) is 72.8 cm³/mol. The van der Waals surface area contributed by atoms with Gasteiger partial charge in [-0.05, 0) is 39.5 Å². The van der Waals surface area contributed by atoms with Crippen LogP contribution in [-0.2, 0) is 19.1 Å². The quantitative estimate of drug-likeness (QED) is 0.621. The molecule has 6 nitrogen and oxygen atoms in total. The first-order valence-electron chi connectivity index (χ1n) is 7.02. The van der Waals surface area contributed by atoms with Crippen LogP contribution in [-0.4, -0.2) is 31.4 Å². The summed E-state index contributed by atoms with van der Waals surface area (Å²) in [4.78, 5) is 28.3. The van der Waals surface area contributed by atoms with Crippen molar-refractivity contribution in [3.05, 3.63) is 0 Å². The van der Waals surface area contributed by atoms with E-state index in [9.17, 15) is 9.59 Å². The summed E-state index contributed by atoms with van der Waals surface area (Å²) >= 11 is 0. The largest absolute Gasteiger partial charge is 0.469 e. The highest BCUT2D eigenvalue weighted by atomic mass is 16.7. The number of esters is 1. The van der Waals surface area contributed by atoms with Crippen molar-refractivity contribution in [1.82, 2.24) is 5.48 Å². The van der Waals surface area contributed by atoms with Crippen molar-refractivity contribution in [2.24, 2.45) is 11.8 Å². The minimum atomic E-state index is -0.660. The lowest BCUT2D eigenvalue weighted by molar-refractivity contribution is -0.151. The molecule has 1 N–H and O–H groups in total. The van der Waals surface area contributed by atoms with Crippen LogP contribution in [0.1, 0.15) is 46.5 Å². The lowest BCUT2D eigenvalue weighted by Gasteiger charge is -2.22. The number of hydroxylamine groups is 1. The van der Waals surface area contributed by atoms with Crippen LogP contribution in [0.15, 0.2) is 0 Å². The van der Waals surface area contributed by atoms with Gasteiger partial charge in [0, 0.05) is 0 Å². The highest BCUT2D eigenvalue weighted by Gasteiger charge is 2.32. The second-order valence-corrected chi connectivity index (χ2v) is 6.09. The maximum Gasteiger partial charge on any atom is 0.431 e. The molecular weight excluding hydrogens is 262 g/mol. The molecule has 0 saturated heterocycles. The Hall–Kier alpha value is -1.30. The Bertz CT molecular complexity index is 331. The van der Waals surface area contributed by atoms with Gasteiger partial charge in [-0.15, -0.1) is 0 Å². The van der Waals surface area contributed by atoms with Crippen LogP contribution < -0.4 is 5.48 Å². The number of carbonyl (C=O) groups excluding carboxylic acids is 2. The summed E-state index contributed by atoms with van der Waals surface area (Å²) < 4.78 is 9.84. The zero-order valence-electron chi connectivity index (χ0n) is 12.7. The standard InChI is InChI=1S/C14H25NO5/c1-14(2,3)20-13(17)15-19-9-11(12(16)18-4)10-7-5-6-8-10/h10-11H,5-9H2,1-4H3,(H,15,17). The highest BCUT2D eigenvalue weighted by molar-refractivity contribution is 5.73. The Morgan fingerprint density at radius 2 is 1.85 bits per heavy atom. The summed E-state index contributed by atoms with van der Waals surface area (Å²) in [5, 5.41) is 0. The fourth-order valence-corrected chi connectivity index (χ4v) is 2.40. The number of methoxy groups -OCH3 is 1. The third-order valence-electron chi connectivity index (χ3n) is 3.29. The summed E-state index contributed by atoms with van der Waals surface area (Å²) in [6.45, 7) is 5.41. The predicted octanol–water partition coefficient (Wildman–Crippen LogP) is 2.42. The molecule has 0 bridgehead atoms. The van der Waals surface area contributed by atoms with E-state index in [1.807, 2.05) is 0 Å².